The van der Waals surface area contributed by atoms with Crippen molar-refractivity contribution in [1.29, 1.82) is 0 Å². The monoisotopic (exact) mass is 1020 g/mol. The average Bonchev–Trinajstić information content (AvgIpc) is 4.11. The van der Waals surface area contributed by atoms with Gasteiger partial charge in [-0.1, -0.05) is 112 Å². The van der Waals surface area contributed by atoms with E-state index in [0.29, 0.717) is 44.0 Å². The van der Waals surface area contributed by atoms with Crippen molar-refractivity contribution in [1.82, 2.24) is 24.5 Å². The van der Waals surface area contributed by atoms with Gasteiger partial charge in [-0.2, -0.15) is 26.3 Å². The first-order chi connectivity index (χ1) is 34.2. The van der Waals surface area contributed by atoms with Gasteiger partial charge in [0.15, 0.2) is 0 Å². The quantitative estimate of drug-likeness (QED) is 0.156. The predicted octanol–water partition coefficient (Wildman–Crippen LogP) is 10.2. The van der Waals surface area contributed by atoms with Gasteiger partial charge < -0.3 is 19.5 Å². The van der Waals surface area contributed by atoms with Crippen molar-refractivity contribution < 1.29 is 50.5 Å². The number of hydrogen-bond acceptors (Lipinski definition) is 8. The highest BCUT2D eigenvalue weighted by molar-refractivity contribution is 5.79. The molecule has 16 heteroatoms. The van der Waals surface area contributed by atoms with Crippen LogP contribution in [0.1, 0.15) is 86.8 Å². The molecule has 0 aliphatic carbocycles. The number of likely N-dealkylation sites (tertiary alicyclic amines) is 3. The summed E-state index contributed by atoms with van der Waals surface area (Å²) in [5, 5.41) is 8.38. The number of hydrogen-bond donors (Lipinski definition) is 1. The smallest absolute Gasteiger partial charge is 0.416 e. The number of halogens is 6. The Kier molecular flexibility index (Phi) is 20.9. The molecule has 1 N–H and O–H groups in total. The summed E-state index contributed by atoms with van der Waals surface area (Å²) in [5.41, 5.74) is 1.67. The van der Waals surface area contributed by atoms with Crippen LogP contribution in [-0.4, -0.2) is 144 Å². The lowest BCUT2D eigenvalue weighted by Gasteiger charge is -2.54. The molecule has 4 aromatic rings. The Bertz CT molecular complexity index is 2310. The van der Waals surface area contributed by atoms with Crippen LogP contribution >= 0.6 is 0 Å². The van der Waals surface area contributed by atoms with E-state index in [0.717, 1.165) is 82.4 Å². The molecule has 10 rings (SSSR count). The summed E-state index contributed by atoms with van der Waals surface area (Å²) in [6.45, 7) is 11.9. The van der Waals surface area contributed by atoms with E-state index in [-0.39, 0.29) is 50.9 Å². The molecular formula is C57H75F6N5O5. The summed E-state index contributed by atoms with van der Waals surface area (Å²) in [5.74, 6) is -0.446. The first-order valence-corrected chi connectivity index (χ1v) is 25.2. The zero-order valence-corrected chi connectivity index (χ0v) is 40.3. The zero-order valence-electron chi connectivity index (χ0n) is 40.3. The van der Waals surface area contributed by atoms with Gasteiger partial charge in [0.1, 0.15) is 0 Å². The molecule has 6 fully saturated rings. The Hall–Kier alpha value is -4.84. The summed E-state index contributed by atoms with van der Waals surface area (Å²) in [6, 6.07) is 32.0. The molecule has 4 aromatic carbocycles. The second-order valence-electron chi connectivity index (χ2n) is 19.8. The van der Waals surface area contributed by atoms with Crippen LogP contribution in [0.4, 0.5) is 26.3 Å². The van der Waals surface area contributed by atoms with Crippen molar-refractivity contribution in [2.24, 2.45) is 5.92 Å². The summed E-state index contributed by atoms with van der Waals surface area (Å²) in [6.07, 6.45) is -1.51. The molecule has 6 atom stereocenters. The minimum atomic E-state index is -4.42. The van der Waals surface area contributed by atoms with Gasteiger partial charge in [0, 0.05) is 38.3 Å². The lowest BCUT2D eigenvalue weighted by Crippen LogP contribution is -2.71. The van der Waals surface area contributed by atoms with Crippen LogP contribution in [-0.2, 0) is 57.3 Å². The van der Waals surface area contributed by atoms with Crippen molar-refractivity contribution in [2.45, 2.75) is 122 Å². The third-order valence-electron chi connectivity index (χ3n) is 15.1. The molecular weight excluding hydrogens is 949 g/mol. The molecule has 6 heterocycles. The van der Waals surface area contributed by atoms with E-state index in [1.54, 1.807) is 6.07 Å². The third kappa shape index (κ3) is 15.4. The molecule has 1 amide bonds. The normalized spacial score (nSPS) is 24.8. The van der Waals surface area contributed by atoms with E-state index >= 15 is 0 Å². The van der Waals surface area contributed by atoms with Crippen LogP contribution in [0.15, 0.2) is 109 Å². The number of amides is 1. The Morgan fingerprint density at radius 3 is 1.48 bits per heavy atom. The van der Waals surface area contributed by atoms with Gasteiger partial charge in [0.2, 0.25) is 5.91 Å². The fraction of sp³-hybridized carbons (Fsp3) is 0.544. The fourth-order valence-corrected chi connectivity index (χ4v) is 11.7. The number of rotatable bonds is 10. The van der Waals surface area contributed by atoms with E-state index < -0.39 is 35.9 Å². The first kappa shape index (κ1) is 57.4. The highest BCUT2D eigenvalue weighted by Crippen LogP contribution is 2.36. The molecule has 0 aromatic heterocycles. The van der Waals surface area contributed by atoms with Crippen molar-refractivity contribution >= 4 is 11.9 Å². The van der Waals surface area contributed by atoms with Gasteiger partial charge in [-0.25, -0.2) is 0 Å². The fourth-order valence-electron chi connectivity index (χ4n) is 11.7. The largest absolute Gasteiger partial charge is 0.481 e. The number of carbonyl (C=O) groups is 2. The maximum absolute atomic E-state index is 13.6. The van der Waals surface area contributed by atoms with Crippen LogP contribution in [0.2, 0.25) is 0 Å². The highest BCUT2D eigenvalue weighted by atomic mass is 19.4. The summed E-state index contributed by atoms with van der Waals surface area (Å²) >= 11 is 0. The van der Waals surface area contributed by atoms with E-state index in [1.165, 1.54) is 74.6 Å². The zero-order chi connectivity index (χ0) is 50.0. The van der Waals surface area contributed by atoms with E-state index in [1.807, 2.05) is 23.1 Å². The van der Waals surface area contributed by atoms with Crippen molar-refractivity contribution in [2.75, 3.05) is 72.2 Å². The summed E-state index contributed by atoms with van der Waals surface area (Å²) in [7, 11) is 0. The first-order valence-electron chi connectivity index (χ1n) is 25.2. The molecule has 400 valence electrons. The number of carboxylic acid groups (broad SMARTS) is 1. The number of piperazine rings is 1. The Morgan fingerprint density at radius 1 is 0.507 bits per heavy atom. The van der Waals surface area contributed by atoms with Gasteiger partial charge >= 0.3 is 18.3 Å². The number of alkyl halides is 6. The number of aliphatic carboxylic acids is 1. The van der Waals surface area contributed by atoms with Crippen molar-refractivity contribution in [3.05, 3.63) is 143 Å². The Labute approximate surface area is 428 Å². The molecule has 6 aliphatic rings. The van der Waals surface area contributed by atoms with Crippen LogP contribution in [0.3, 0.4) is 0 Å². The number of ether oxygens (including phenoxy) is 2. The minimum Gasteiger partial charge on any atom is -0.481 e. The molecule has 0 bridgehead atoms. The number of benzene rings is 4. The standard InChI is InChI=1S/C27H32F3N3O2.C19H28N2O.C9H7F3O2.2CH4/c28-27(29,30)22-10-6-9-21(15-22)16-25(34)33-14-13-32(17-20-7-2-1-3-8-20)24-19-35-18-23(26(24)33)31-11-4-5-12-31;1-2-7-16(8-3-1)13-21-12-6-9-17-18(14-22-15-19(17)21)20-10-4-5-11-20;10-9(11,12)7-3-1-2-6(4-7)5-8(13)14;;/h1-3,6-10,15,23-24,26H,4-5,11-14,16-19H2;1-3,7-8,17-19H,4-6,9-15H2;1-4H,5H2,(H,13,14);2*1H4/t23-,24+,26+;17-,18+,19-;;;/m01.../s1. The maximum Gasteiger partial charge on any atom is 0.416 e. The van der Waals surface area contributed by atoms with E-state index in [2.05, 4.69) is 62.1 Å². The minimum absolute atomic E-state index is 0. The van der Waals surface area contributed by atoms with Crippen LogP contribution in [0.25, 0.3) is 0 Å². The summed E-state index contributed by atoms with van der Waals surface area (Å²) in [4.78, 5) is 36.0. The highest BCUT2D eigenvalue weighted by Gasteiger charge is 2.48. The predicted molar refractivity (Wildman–Crippen MR) is 272 cm³/mol. The van der Waals surface area contributed by atoms with Gasteiger partial charge in [0.05, 0.1) is 68.5 Å². The molecule has 0 spiro atoms. The summed E-state index contributed by atoms with van der Waals surface area (Å²) < 4.78 is 88.2. The Balaban J connectivity index is 0.000000195. The van der Waals surface area contributed by atoms with Crippen LogP contribution in [0.5, 0.6) is 0 Å². The van der Waals surface area contributed by atoms with Crippen LogP contribution < -0.4 is 0 Å². The van der Waals surface area contributed by atoms with Crippen molar-refractivity contribution in [3.63, 3.8) is 0 Å². The van der Waals surface area contributed by atoms with Gasteiger partial charge in [-0.05, 0) is 112 Å². The van der Waals surface area contributed by atoms with Gasteiger partial charge in [0.25, 0.3) is 0 Å². The number of piperidine rings is 1. The second-order valence-corrected chi connectivity index (χ2v) is 19.8. The SMILES string of the molecule is C.C.O=C(Cc1cccc(C(F)(F)F)c1)N1CCN(Cc2ccccc2)[C@@H]2COC[C@H](N3CCCC3)[C@H]21.O=C(O)Cc1cccc(C(F)(F)F)c1.c1ccc(CN2CCC[C@H]3[C@H]2COC[C@@H]3N2CCCC2)cc1. The number of carboxylic acids is 1. The van der Waals surface area contributed by atoms with Gasteiger partial charge in [-0.3, -0.25) is 29.2 Å². The second kappa shape index (κ2) is 26.6. The average molecular weight is 1020 g/mol. The van der Waals surface area contributed by atoms with Crippen LogP contribution in [0, 0.1) is 5.92 Å². The molecule has 0 radical (unpaired) electrons. The molecule has 10 nitrogen and oxygen atoms in total. The number of nitrogens with zero attached hydrogens (tertiary/aromatic N) is 5. The lowest BCUT2D eigenvalue weighted by atomic mass is 9.81. The van der Waals surface area contributed by atoms with Crippen molar-refractivity contribution in [3.8, 4) is 0 Å². The van der Waals surface area contributed by atoms with Gasteiger partial charge in [-0.15, -0.1) is 0 Å². The van der Waals surface area contributed by atoms with E-state index in [9.17, 15) is 35.9 Å². The third-order valence-corrected chi connectivity index (χ3v) is 15.1. The number of carbonyl (C=O) groups excluding carboxylic acids is 1. The molecule has 73 heavy (non-hydrogen) atoms. The van der Waals surface area contributed by atoms with E-state index in [4.69, 9.17) is 14.6 Å². The number of fused-ring (bicyclic) bond motifs is 2. The molecule has 6 saturated heterocycles. The molecule has 0 unspecified atom stereocenters. The molecule has 6 aliphatic heterocycles. The molecule has 0 saturated carbocycles. The Morgan fingerprint density at radius 2 is 0.959 bits per heavy atom. The lowest BCUT2D eigenvalue weighted by molar-refractivity contribution is -0.153. The maximum atomic E-state index is 13.6. The topological polar surface area (TPSA) is 89.0 Å².